The van der Waals surface area contributed by atoms with E-state index in [4.69, 9.17) is 16.3 Å². The molecule has 0 saturated carbocycles. The van der Waals surface area contributed by atoms with E-state index in [0.717, 1.165) is 64.6 Å². The van der Waals surface area contributed by atoms with E-state index >= 15 is 0 Å². The zero-order chi connectivity index (χ0) is 21.1. The van der Waals surface area contributed by atoms with Crippen LogP contribution in [0.2, 0.25) is 5.02 Å². The molecule has 9 heteroatoms. The molecule has 7 nitrogen and oxygen atoms in total. The van der Waals surface area contributed by atoms with E-state index in [1.54, 1.807) is 13.1 Å². The van der Waals surface area contributed by atoms with Crippen LogP contribution in [0.1, 0.15) is 6.42 Å². The summed E-state index contributed by atoms with van der Waals surface area (Å²) >= 11 is 5.43. The molecule has 1 atom stereocenters. The third-order valence-electron chi connectivity index (χ3n) is 5.09. The number of aldehydes is 1. The van der Waals surface area contributed by atoms with Gasteiger partial charge in [-0.1, -0.05) is 11.6 Å². The molecular formula is C20H30ClFN4O3. The van der Waals surface area contributed by atoms with Crippen LogP contribution in [0.25, 0.3) is 0 Å². The molecule has 0 aliphatic carbocycles. The number of amides is 1. The maximum absolute atomic E-state index is 12.6. The Balaban J connectivity index is 0.000000253. The van der Waals surface area contributed by atoms with Crippen LogP contribution < -0.4 is 10.6 Å². The Morgan fingerprint density at radius 3 is 2.66 bits per heavy atom. The van der Waals surface area contributed by atoms with Crippen molar-refractivity contribution in [2.24, 2.45) is 5.92 Å². The van der Waals surface area contributed by atoms with Gasteiger partial charge in [0.15, 0.2) is 0 Å². The van der Waals surface area contributed by atoms with Crippen LogP contribution in [0, 0.1) is 11.7 Å². The first-order valence-corrected chi connectivity index (χ1v) is 10.3. The number of carbonyl (C=O) groups excluding carboxylic acids is 2. The fourth-order valence-corrected chi connectivity index (χ4v) is 3.45. The van der Waals surface area contributed by atoms with Gasteiger partial charge in [-0.05, 0) is 37.1 Å². The fraction of sp³-hybridized carbons (Fsp3) is 0.600. The highest BCUT2D eigenvalue weighted by atomic mass is 35.5. The Morgan fingerprint density at radius 1 is 1.28 bits per heavy atom. The minimum atomic E-state index is -0.508. The Bertz CT molecular complexity index is 659. The van der Waals surface area contributed by atoms with E-state index in [2.05, 4.69) is 20.4 Å². The molecule has 1 unspecified atom stereocenters. The Kier molecular flexibility index (Phi) is 10.3. The average Bonchev–Trinajstić information content (AvgIpc) is 3.21. The Labute approximate surface area is 176 Å². The van der Waals surface area contributed by atoms with Gasteiger partial charge in [0.1, 0.15) is 5.82 Å². The summed E-state index contributed by atoms with van der Waals surface area (Å²) in [6, 6.07) is 4.58. The van der Waals surface area contributed by atoms with Crippen molar-refractivity contribution < 1.29 is 18.7 Å². The van der Waals surface area contributed by atoms with Crippen molar-refractivity contribution in [2.75, 3.05) is 71.4 Å². The third-order valence-corrected chi connectivity index (χ3v) is 5.39. The second-order valence-corrected chi connectivity index (χ2v) is 7.56. The van der Waals surface area contributed by atoms with Crippen LogP contribution in [0.5, 0.6) is 0 Å². The molecule has 1 aromatic carbocycles. The average molecular weight is 429 g/mol. The van der Waals surface area contributed by atoms with E-state index < -0.39 is 11.7 Å². The first-order valence-electron chi connectivity index (χ1n) is 9.90. The molecule has 2 heterocycles. The maximum Gasteiger partial charge on any atom is 0.284 e. The molecule has 2 fully saturated rings. The summed E-state index contributed by atoms with van der Waals surface area (Å²) < 4.78 is 17.9. The fourth-order valence-electron chi connectivity index (χ4n) is 3.33. The quantitative estimate of drug-likeness (QED) is 0.506. The molecule has 2 N–H and O–H groups in total. The number of likely N-dealkylation sites (tertiary alicyclic amines) is 1. The van der Waals surface area contributed by atoms with Gasteiger partial charge >= 0.3 is 0 Å². The zero-order valence-corrected chi connectivity index (χ0v) is 17.6. The van der Waals surface area contributed by atoms with Gasteiger partial charge in [0, 0.05) is 52.0 Å². The molecule has 2 aliphatic heterocycles. The second-order valence-electron chi connectivity index (χ2n) is 7.15. The summed E-state index contributed by atoms with van der Waals surface area (Å²) in [5.41, 5.74) is 0.724. The van der Waals surface area contributed by atoms with E-state index in [0.29, 0.717) is 18.7 Å². The number of carbonyl (C=O) groups is 2. The smallest absolute Gasteiger partial charge is 0.284 e. The number of nitrogens with one attached hydrogen (secondary N) is 2. The molecule has 0 bridgehead atoms. The molecular weight excluding hydrogens is 399 g/mol. The molecule has 162 valence electrons. The molecule has 0 radical (unpaired) electrons. The molecule has 0 spiro atoms. The lowest BCUT2D eigenvalue weighted by Gasteiger charge is -2.28. The first-order chi connectivity index (χ1) is 14.0. The lowest BCUT2D eigenvalue weighted by atomic mass is 10.1. The van der Waals surface area contributed by atoms with Gasteiger partial charge in [0.05, 0.1) is 18.2 Å². The van der Waals surface area contributed by atoms with Crippen molar-refractivity contribution in [1.29, 1.82) is 0 Å². The number of benzene rings is 1. The number of anilines is 1. The number of hydrogen-bond donors (Lipinski definition) is 2. The van der Waals surface area contributed by atoms with Crippen LogP contribution in [-0.2, 0) is 14.3 Å². The predicted octanol–water partition coefficient (Wildman–Crippen LogP) is 1.48. The summed E-state index contributed by atoms with van der Waals surface area (Å²) in [6.45, 7) is 8.66. The van der Waals surface area contributed by atoms with Gasteiger partial charge in [-0.2, -0.15) is 0 Å². The Hall–Kier alpha value is -1.74. The van der Waals surface area contributed by atoms with Crippen molar-refractivity contribution in [2.45, 2.75) is 6.42 Å². The van der Waals surface area contributed by atoms with Crippen LogP contribution in [-0.4, -0.2) is 88.1 Å². The highest BCUT2D eigenvalue weighted by Crippen LogP contribution is 2.18. The van der Waals surface area contributed by atoms with Gasteiger partial charge in [-0.3, -0.25) is 14.5 Å². The number of morpholine rings is 1. The SMILES string of the molecule is CNc1ccc(Cl)c(F)c1.O=CC(=O)NCC1CCN(CCN2CCOCC2)C1. The second kappa shape index (κ2) is 12.7. The van der Waals surface area contributed by atoms with Gasteiger partial charge < -0.3 is 20.3 Å². The summed E-state index contributed by atoms with van der Waals surface area (Å²) in [6.07, 6.45) is 1.44. The van der Waals surface area contributed by atoms with Crippen molar-refractivity contribution in [1.82, 2.24) is 15.1 Å². The van der Waals surface area contributed by atoms with Crippen molar-refractivity contribution in [3.63, 3.8) is 0 Å². The molecule has 0 aromatic heterocycles. The Morgan fingerprint density at radius 2 is 2.00 bits per heavy atom. The number of nitrogens with zero attached hydrogens (tertiary/aromatic N) is 2. The minimum absolute atomic E-state index is 0.152. The third kappa shape index (κ3) is 8.65. The van der Waals surface area contributed by atoms with Crippen LogP contribution in [0.15, 0.2) is 18.2 Å². The van der Waals surface area contributed by atoms with E-state index in [9.17, 15) is 14.0 Å². The van der Waals surface area contributed by atoms with Gasteiger partial charge in [-0.15, -0.1) is 0 Å². The number of halogens is 2. The summed E-state index contributed by atoms with van der Waals surface area (Å²) in [7, 11) is 1.72. The number of rotatable bonds is 7. The van der Waals surface area contributed by atoms with Crippen molar-refractivity contribution in [3.05, 3.63) is 29.0 Å². The lowest BCUT2D eigenvalue weighted by Crippen LogP contribution is -2.41. The van der Waals surface area contributed by atoms with E-state index in [1.807, 2.05) is 0 Å². The normalized spacial score (nSPS) is 19.9. The van der Waals surface area contributed by atoms with Crippen molar-refractivity contribution >= 4 is 29.5 Å². The van der Waals surface area contributed by atoms with Crippen LogP contribution in [0.4, 0.5) is 10.1 Å². The standard InChI is InChI=1S/C13H23N3O3.C7H7ClFN/c17-11-13(18)14-9-12-1-2-16(10-12)4-3-15-5-7-19-8-6-15;1-10-5-2-3-6(8)7(9)4-5/h11-12H,1-10H2,(H,14,18);2-4,10H,1H3. The topological polar surface area (TPSA) is 73.9 Å². The minimum Gasteiger partial charge on any atom is -0.388 e. The van der Waals surface area contributed by atoms with Gasteiger partial charge in [0.25, 0.3) is 5.91 Å². The van der Waals surface area contributed by atoms with E-state index in [-0.39, 0.29) is 5.02 Å². The van der Waals surface area contributed by atoms with Crippen LogP contribution in [0.3, 0.4) is 0 Å². The molecule has 2 saturated heterocycles. The van der Waals surface area contributed by atoms with Gasteiger partial charge in [-0.25, -0.2) is 4.39 Å². The largest absolute Gasteiger partial charge is 0.388 e. The van der Waals surface area contributed by atoms with Crippen LogP contribution >= 0.6 is 11.6 Å². The molecule has 3 rings (SSSR count). The first kappa shape index (κ1) is 23.5. The summed E-state index contributed by atoms with van der Waals surface area (Å²) in [5.74, 6) is -0.422. The molecule has 1 aromatic rings. The highest BCUT2D eigenvalue weighted by Gasteiger charge is 2.23. The highest BCUT2D eigenvalue weighted by molar-refractivity contribution is 6.30. The zero-order valence-electron chi connectivity index (χ0n) is 16.8. The molecule has 2 aliphatic rings. The molecule has 1 amide bonds. The number of ether oxygens (including phenoxy) is 1. The van der Waals surface area contributed by atoms with Crippen molar-refractivity contribution in [3.8, 4) is 0 Å². The number of hydrogen-bond acceptors (Lipinski definition) is 6. The lowest BCUT2D eigenvalue weighted by molar-refractivity contribution is -0.131. The summed E-state index contributed by atoms with van der Waals surface area (Å²) in [4.78, 5) is 26.0. The maximum atomic E-state index is 12.6. The van der Waals surface area contributed by atoms with Gasteiger partial charge in [0.2, 0.25) is 6.29 Å². The predicted molar refractivity (Wildman–Crippen MR) is 112 cm³/mol. The monoisotopic (exact) mass is 428 g/mol. The molecule has 29 heavy (non-hydrogen) atoms. The van der Waals surface area contributed by atoms with E-state index in [1.165, 1.54) is 12.1 Å². The summed E-state index contributed by atoms with van der Waals surface area (Å²) in [5, 5.41) is 5.59.